The standard InChI is InChI=1S/C21H21N5O2/c1-16-18(14-26-15-25-17-6-2-3-7-19(17)26)22-11-8-20(16)27-12-5-13-28-21-23-9-4-10-24-21/h2-4,6-11,15H,5,12-14H2,1H3. The fourth-order valence-electron chi connectivity index (χ4n) is 2.94. The summed E-state index contributed by atoms with van der Waals surface area (Å²) < 4.78 is 13.5. The molecule has 0 unspecified atom stereocenters. The van der Waals surface area contributed by atoms with Crippen LogP contribution < -0.4 is 9.47 Å². The second-order valence-corrected chi connectivity index (χ2v) is 6.32. The van der Waals surface area contributed by atoms with Crippen molar-refractivity contribution in [1.29, 1.82) is 0 Å². The first-order valence-electron chi connectivity index (χ1n) is 9.18. The normalized spacial score (nSPS) is 10.9. The SMILES string of the molecule is Cc1c(OCCCOc2ncccn2)ccnc1Cn1cnc2ccccc21. The van der Waals surface area contributed by atoms with Crippen LogP contribution in [0.5, 0.6) is 11.8 Å². The third-order valence-electron chi connectivity index (χ3n) is 4.43. The van der Waals surface area contributed by atoms with Crippen molar-refractivity contribution in [3.63, 3.8) is 0 Å². The Morgan fingerprint density at radius 1 is 0.857 bits per heavy atom. The molecular formula is C21H21N5O2. The van der Waals surface area contributed by atoms with Gasteiger partial charge in [-0.25, -0.2) is 15.0 Å². The van der Waals surface area contributed by atoms with Crippen LogP contribution in [0.25, 0.3) is 11.0 Å². The van der Waals surface area contributed by atoms with E-state index in [0.717, 1.165) is 34.5 Å². The summed E-state index contributed by atoms with van der Waals surface area (Å²) in [5.74, 6) is 0.838. The summed E-state index contributed by atoms with van der Waals surface area (Å²) in [7, 11) is 0. The van der Waals surface area contributed by atoms with Crippen molar-refractivity contribution in [3.8, 4) is 11.8 Å². The average Bonchev–Trinajstić information content (AvgIpc) is 3.14. The van der Waals surface area contributed by atoms with Crippen LogP contribution in [-0.4, -0.2) is 37.7 Å². The second-order valence-electron chi connectivity index (χ2n) is 6.32. The molecule has 142 valence electrons. The smallest absolute Gasteiger partial charge is 0.316 e. The Bertz CT molecular complexity index is 1050. The van der Waals surface area contributed by atoms with Gasteiger partial charge in [0.1, 0.15) is 5.75 Å². The van der Waals surface area contributed by atoms with Crippen molar-refractivity contribution in [2.45, 2.75) is 19.9 Å². The van der Waals surface area contributed by atoms with E-state index in [1.165, 1.54) is 0 Å². The summed E-state index contributed by atoms with van der Waals surface area (Å²) in [6.45, 7) is 3.73. The summed E-state index contributed by atoms with van der Waals surface area (Å²) >= 11 is 0. The van der Waals surface area contributed by atoms with E-state index in [4.69, 9.17) is 9.47 Å². The van der Waals surface area contributed by atoms with Crippen LogP contribution in [0.1, 0.15) is 17.7 Å². The highest BCUT2D eigenvalue weighted by Gasteiger charge is 2.09. The van der Waals surface area contributed by atoms with Crippen LogP contribution in [0, 0.1) is 6.92 Å². The first-order chi connectivity index (χ1) is 13.8. The van der Waals surface area contributed by atoms with Gasteiger partial charge in [0.25, 0.3) is 0 Å². The van der Waals surface area contributed by atoms with E-state index in [0.29, 0.717) is 25.8 Å². The highest BCUT2D eigenvalue weighted by atomic mass is 16.5. The van der Waals surface area contributed by atoms with Gasteiger partial charge < -0.3 is 14.0 Å². The molecule has 0 saturated carbocycles. The van der Waals surface area contributed by atoms with Gasteiger partial charge in [-0.15, -0.1) is 0 Å². The van der Waals surface area contributed by atoms with Crippen LogP contribution in [0.15, 0.2) is 61.3 Å². The molecule has 7 heteroatoms. The molecule has 3 aromatic heterocycles. The maximum atomic E-state index is 5.94. The van der Waals surface area contributed by atoms with Gasteiger partial charge in [0, 0.05) is 30.6 Å². The maximum absolute atomic E-state index is 5.94. The molecule has 0 aliphatic carbocycles. The zero-order chi connectivity index (χ0) is 19.2. The predicted octanol–water partition coefficient (Wildman–Crippen LogP) is 3.43. The third-order valence-corrected chi connectivity index (χ3v) is 4.43. The molecule has 0 bridgehead atoms. The molecule has 0 saturated heterocycles. The summed E-state index contributed by atoms with van der Waals surface area (Å²) in [5.41, 5.74) is 4.08. The van der Waals surface area contributed by atoms with Gasteiger partial charge in [0.15, 0.2) is 0 Å². The number of benzene rings is 1. The van der Waals surface area contributed by atoms with Crippen LogP contribution >= 0.6 is 0 Å². The third kappa shape index (κ3) is 4.09. The lowest BCUT2D eigenvalue weighted by Gasteiger charge is -2.13. The van der Waals surface area contributed by atoms with Crippen molar-refractivity contribution in [1.82, 2.24) is 24.5 Å². The Morgan fingerprint density at radius 3 is 2.57 bits per heavy atom. The molecule has 0 radical (unpaired) electrons. The number of aromatic nitrogens is 5. The Hall–Kier alpha value is -3.48. The van der Waals surface area contributed by atoms with Crippen LogP contribution in [-0.2, 0) is 6.54 Å². The topological polar surface area (TPSA) is 75.0 Å². The number of fused-ring (bicyclic) bond motifs is 1. The molecular weight excluding hydrogens is 354 g/mol. The van der Waals surface area contributed by atoms with Gasteiger partial charge in [0.2, 0.25) is 0 Å². The quantitative estimate of drug-likeness (QED) is 0.439. The molecule has 3 heterocycles. The summed E-state index contributed by atoms with van der Waals surface area (Å²) in [4.78, 5) is 17.0. The Morgan fingerprint density at radius 2 is 1.68 bits per heavy atom. The number of hydrogen-bond acceptors (Lipinski definition) is 6. The summed E-state index contributed by atoms with van der Waals surface area (Å²) in [6, 6.07) is 12.1. The van der Waals surface area contributed by atoms with Crippen LogP contribution in [0.2, 0.25) is 0 Å². The van der Waals surface area contributed by atoms with E-state index in [2.05, 4.69) is 30.6 Å². The first-order valence-corrected chi connectivity index (χ1v) is 9.18. The lowest BCUT2D eigenvalue weighted by molar-refractivity contribution is 0.235. The van der Waals surface area contributed by atoms with E-state index in [1.54, 1.807) is 24.7 Å². The number of para-hydroxylation sites is 2. The van der Waals surface area contributed by atoms with Gasteiger partial charge in [0.05, 0.1) is 42.8 Å². The molecule has 0 atom stereocenters. The Balaban J connectivity index is 1.35. The van der Waals surface area contributed by atoms with Gasteiger partial charge in [-0.1, -0.05) is 12.1 Å². The van der Waals surface area contributed by atoms with Gasteiger partial charge in [-0.05, 0) is 31.2 Å². The molecule has 7 nitrogen and oxygen atoms in total. The largest absolute Gasteiger partial charge is 0.493 e. The number of pyridine rings is 1. The molecule has 0 fully saturated rings. The molecule has 0 aliphatic rings. The Kier molecular flexibility index (Phi) is 5.42. The number of hydrogen-bond donors (Lipinski definition) is 0. The fourth-order valence-corrected chi connectivity index (χ4v) is 2.94. The van der Waals surface area contributed by atoms with Crippen LogP contribution in [0.4, 0.5) is 0 Å². The van der Waals surface area contributed by atoms with E-state index in [9.17, 15) is 0 Å². The molecule has 0 spiro atoms. The predicted molar refractivity (Wildman–Crippen MR) is 105 cm³/mol. The zero-order valence-corrected chi connectivity index (χ0v) is 15.7. The molecule has 28 heavy (non-hydrogen) atoms. The van der Waals surface area contributed by atoms with Crippen LogP contribution in [0.3, 0.4) is 0 Å². The van der Waals surface area contributed by atoms with Crippen molar-refractivity contribution >= 4 is 11.0 Å². The molecule has 0 aliphatic heterocycles. The zero-order valence-electron chi connectivity index (χ0n) is 15.7. The Labute approximate surface area is 163 Å². The monoisotopic (exact) mass is 375 g/mol. The van der Waals surface area contributed by atoms with E-state index >= 15 is 0 Å². The minimum absolute atomic E-state index is 0.387. The van der Waals surface area contributed by atoms with Crippen molar-refractivity contribution in [2.24, 2.45) is 0 Å². The molecule has 0 N–H and O–H groups in total. The summed E-state index contributed by atoms with van der Waals surface area (Å²) in [5, 5.41) is 0. The van der Waals surface area contributed by atoms with Gasteiger partial charge in [-0.3, -0.25) is 4.98 Å². The maximum Gasteiger partial charge on any atom is 0.316 e. The van der Waals surface area contributed by atoms with E-state index in [-0.39, 0.29) is 0 Å². The minimum Gasteiger partial charge on any atom is -0.493 e. The molecule has 4 aromatic rings. The van der Waals surface area contributed by atoms with Crippen molar-refractivity contribution in [3.05, 3.63) is 72.6 Å². The lowest BCUT2D eigenvalue weighted by Crippen LogP contribution is -2.08. The highest BCUT2D eigenvalue weighted by Crippen LogP contribution is 2.22. The average molecular weight is 375 g/mol. The molecule has 4 rings (SSSR count). The highest BCUT2D eigenvalue weighted by molar-refractivity contribution is 5.75. The number of ether oxygens (including phenoxy) is 2. The van der Waals surface area contributed by atoms with Gasteiger partial charge >= 0.3 is 6.01 Å². The second kappa shape index (κ2) is 8.47. The lowest BCUT2D eigenvalue weighted by atomic mass is 10.2. The molecule has 0 amide bonds. The number of nitrogens with zero attached hydrogens (tertiary/aromatic N) is 5. The number of rotatable bonds is 8. The van der Waals surface area contributed by atoms with Crippen molar-refractivity contribution < 1.29 is 9.47 Å². The van der Waals surface area contributed by atoms with E-state index < -0.39 is 0 Å². The number of imidazole rings is 1. The first kappa shape index (κ1) is 17.9. The van der Waals surface area contributed by atoms with Gasteiger partial charge in [-0.2, -0.15) is 0 Å². The van der Waals surface area contributed by atoms with E-state index in [1.807, 2.05) is 37.5 Å². The minimum atomic E-state index is 0.387. The summed E-state index contributed by atoms with van der Waals surface area (Å²) in [6.07, 6.45) is 7.68. The molecule has 1 aromatic carbocycles. The fraction of sp³-hybridized carbons (Fsp3) is 0.238. The van der Waals surface area contributed by atoms with Crippen molar-refractivity contribution in [2.75, 3.05) is 13.2 Å².